The lowest BCUT2D eigenvalue weighted by molar-refractivity contribution is -0.144. The molecule has 0 saturated heterocycles. The Bertz CT molecular complexity index is 4730. The van der Waals surface area contributed by atoms with Crippen LogP contribution in [0.5, 0.6) is 5.75 Å². The number of guanidine groups is 1. The van der Waals surface area contributed by atoms with Crippen LogP contribution in [-0.4, -0.2) is 283 Å². The molecule has 17 atom stereocenters. The van der Waals surface area contributed by atoms with Gasteiger partial charge in [-0.05, 0) is 158 Å². The Hall–Kier alpha value is -14.7. The van der Waals surface area contributed by atoms with Gasteiger partial charge in [0.1, 0.15) is 102 Å². The molecule has 2 aromatic rings. The van der Waals surface area contributed by atoms with Crippen LogP contribution in [0.2, 0.25) is 0 Å². The first-order valence-corrected chi connectivity index (χ1v) is 47.8. The number of allylic oxidation sites excluding steroid dienone is 1. The van der Waals surface area contributed by atoms with Gasteiger partial charge in [0.15, 0.2) is 5.96 Å². The van der Waals surface area contributed by atoms with Crippen molar-refractivity contribution in [2.75, 3.05) is 19.6 Å². The average molecular weight is 2030 g/mol. The molecule has 49 heteroatoms. The number of amides is 18. The van der Waals surface area contributed by atoms with Gasteiger partial charge in [-0.2, -0.15) is 0 Å². The topological polar surface area (TPSA) is 800 Å². The minimum Gasteiger partial charge on any atom is -0.508 e. The highest BCUT2D eigenvalue weighted by Gasteiger charge is 2.42. The molecule has 49 nitrogen and oxygen atoms in total. The van der Waals surface area contributed by atoms with Crippen molar-refractivity contribution in [1.29, 1.82) is 5.41 Å². The van der Waals surface area contributed by atoms with E-state index in [4.69, 9.17) is 28.3 Å². The molecule has 18 amide bonds. The number of benzene rings is 2. The van der Waals surface area contributed by atoms with E-state index in [0.717, 1.165) is 18.7 Å². The maximum absolute atomic E-state index is 15.2. The quantitative estimate of drug-likeness (QED) is 0.0138. The summed E-state index contributed by atoms with van der Waals surface area (Å²) >= 11 is 0. The standard InChI is InChI=1S/C95H148N22O27/c1-14-17-28-73(120)104-70(47-57-24-19-18-20-25-57)91(141)110-65(36-40-77(127)128)94(144)117(43-15-2)56(13)82(132)116-78(53(10)16-3)93(143)115-71(48-58-29-31-59(118)32-30-58)92(142)107-61(27-23-42-101-95(99)100)85(135)112-67(44-50(4)5)89(139)109-64(35-39-76(125)126)87(137)113-69(46-52(8)9)90(140)114-68(45-51(6)7)88(138)106-60(26-21-22-41-96)83(133)102-54(11)80(130)105-63(34-38-75(123)124)86(136)108-62(33-37-74(121)122)84(134)103-55(12)81(131)111-66(79(98)129)49-72(97)119/h14-15,18-20,24-25,29-32,50-56,60-71,78,118H,1-2,16-17,21-23,26-28,33-49,96H2,3-13H3,(H2,97,119)(H2,98,129)(H,102,133)(H,103,134)(H,104,120)(H,105,130)(H,106,138)(H,107,142)(H,108,136)(H,109,139)(H,110,141)(H,111,131)(H,112,135)(H,113,137)(H,114,140)(H,115,143)(H,116,132)(H,121,122)(H,123,124)(H,125,126)(H,127,128)(H4,99,100,101)/t53-,54-,55-,56-,60-,61-,62-,63-,64-,65-,66-,67-,68-,69-,70-,71-,78-/m0/s1. The van der Waals surface area contributed by atoms with Gasteiger partial charge in [-0.15, -0.1) is 13.2 Å². The number of rotatable bonds is 71. The molecule has 0 radical (unpaired) electrons. The van der Waals surface area contributed by atoms with Crippen LogP contribution in [0.1, 0.15) is 216 Å². The Morgan fingerprint density at radius 3 is 1.10 bits per heavy atom. The fraction of sp³-hybridized carbons (Fsp3) is 0.589. The van der Waals surface area contributed by atoms with E-state index in [9.17, 15) is 117 Å². The van der Waals surface area contributed by atoms with Gasteiger partial charge in [-0.1, -0.05) is 116 Å². The molecule has 144 heavy (non-hydrogen) atoms. The summed E-state index contributed by atoms with van der Waals surface area (Å²) in [5, 5.41) is 97.3. The molecule has 0 saturated carbocycles. The molecule has 0 fully saturated rings. The number of carboxylic acid groups (broad SMARTS) is 4. The number of aliphatic carboxylic acids is 4. The molecule has 2 rings (SSSR count). The molecular formula is C95H148N22O27. The number of nitrogens with zero attached hydrogens (tertiary/aromatic N) is 1. The molecule has 0 aliphatic heterocycles. The summed E-state index contributed by atoms with van der Waals surface area (Å²) in [6, 6.07) is -11.6. The summed E-state index contributed by atoms with van der Waals surface area (Å²) in [7, 11) is 0. The van der Waals surface area contributed by atoms with Crippen LogP contribution in [0.25, 0.3) is 0 Å². The van der Waals surface area contributed by atoms with E-state index in [1.165, 1.54) is 43.3 Å². The third-order valence-corrected chi connectivity index (χ3v) is 22.7. The lowest BCUT2D eigenvalue weighted by Crippen LogP contribution is -2.62. The minimum absolute atomic E-state index is 0.0241. The third-order valence-electron chi connectivity index (χ3n) is 22.7. The van der Waals surface area contributed by atoms with Gasteiger partial charge in [-0.25, -0.2) is 0 Å². The van der Waals surface area contributed by atoms with Crippen molar-refractivity contribution in [1.82, 2.24) is 90.0 Å². The summed E-state index contributed by atoms with van der Waals surface area (Å²) in [5.41, 5.74) is 22.8. The number of carbonyl (C=O) groups excluding carboxylic acids is 18. The van der Waals surface area contributed by atoms with Crippen molar-refractivity contribution < 1.29 is 131 Å². The van der Waals surface area contributed by atoms with E-state index in [-0.39, 0.29) is 102 Å². The Morgan fingerprint density at radius 1 is 0.382 bits per heavy atom. The third kappa shape index (κ3) is 48.6. The zero-order valence-electron chi connectivity index (χ0n) is 83.5. The van der Waals surface area contributed by atoms with Crippen LogP contribution < -0.4 is 108 Å². The number of nitrogens with two attached hydrogens (primary N) is 4. The Labute approximate surface area is 836 Å². The van der Waals surface area contributed by atoms with Crippen LogP contribution in [0.15, 0.2) is 79.9 Å². The highest BCUT2D eigenvalue weighted by Crippen LogP contribution is 2.20. The van der Waals surface area contributed by atoms with E-state index < -0.39 is 314 Å². The summed E-state index contributed by atoms with van der Waals surface area (Å²) in [6.07, 6.45) is -3.82. The van der Waals surface area contributed by atoms with E-state index in [0.29, 0.717) is 17.5 Å². The highest BCUT2D eigenvalue weighted by molar-refractivity contribution is 6.02. The smallest absolute Gasteiger partial charge is 0.303 e. The number of hydrogen-bond donors (Lipinski definition) is 26. The summed E-state index contributed by atoms with van der Waals surface area (Å²) in [4.78, 5) is 303. The minimum atomic E-state index is -1.82. The van der Waals surface area contributed by atoms with Crippen molar-refractivity contribution in [3.05, 3.63) is 91.0 Å². The zero-order valence-corrected chi connectivity index (χ0v) is 83.5. The van der Waals surface area contributed by atoms with Gasteiger partial charge in [0.05, 0.1) is 6.42 Å². The highest BCUT2D eigenvalue weighted by atomic mass is 16.4. The number of hydrogen-bond acceptors (Lipinski definition) is 25. The number of unbranched alkanes of at least 4 members (excludes halogenated alkanes) is 1. The molecule has 0 bridgehead atoms. The van der Waals surface area contributed by atoms with Crippen molar-refractivity contribution >= 4 is 136 Å². The maximum Gasteiger partial charge on any atom is 0.303 e. The van der Waals surface area contributed by atoms with Crippen LogP contribution in [0.4, 0.5) is 0 Å². The normalized spacial score (nSPS) is 14.6. The predicted molar refractivity (Wildman–Crippen MR) is 523 cm³/mol. The summed E-state index contributed by atoms with van der Waals surface area (Å²) in [6.45, 7) is 23.9. The van der Waals surface area contributed by atoms with Gasteiger partial charge < -0.3 is 138 Å². The first kappa shape index (κ1) is 125. The first-order valence-electron chi connectivity index (χ1n) is 47.8. The molecule has 0 spiro atoms. The van der Waals surface area contributed by atoms with E-state index in [2.05, 4.69) is 98.2 Å². The van der Waals surface area contributed by atoms with Crippen LogP contribution in [0.3, 0.4) is 0 Å². The SMILES string of the molecule is C=CCCC(=O)N[C@@H](Cc1ccccc1)C(=O)N[C@@H](CCC(=O)O)C(=O)N(CC=C)[C@@H](C)C(=O)N[C@H](C(=O)N[C@@H](Cc1ccc(O)cc1)C(=O)N[C@@H](CCCNC(=N)N)C(=O)N[C@@H](CC(C)C)C(=O)N[C@@H](CCC(=O)O)C(=O)N[C@@H](CC(C)C)C(=O)N[C@@H](CC(C)C)C(=O)N[C@@H](CCCCN)C(=O)N[C@@H](C)C(=O)N[C@@H](CCC(=O)O)C(=O)N[C@@H](CCC(=O)O)C(=O)N[C@@H](C)C(=O)N[C@@H](CC(N)=O)C(N)=O)[C@@H](C)CC. The fourth-order valence-electron chi connectivity index (χ4n) is 14.6. The van der Waals surface area contributed by atoms with Crippen molar-refractivity contribution in [2.24, 2.45) is 46.6 Å². The lowest BCUT2D eigenvalue weighted by atomic mass is 9.96. The second kappa shape index (κ2) is 65.4. The average Bonchev–Trinajstić information content (AvgIpc) is 0.824. The molecule has 0 aliphatic rings. The number of primary amides is 2. The molecule has 0 aliphatic carbocycles. The number of phenolic OH excluding ortho intramolecular Hbond substituents is 1. The zero-order chi connectivity index (χ0) is 109. The molecule has 0 heterocycles. The lowest BCUT2D eigenvalue weighted by Gasteiger charge is -2.33. The second-order valence-electron chi connectivity index (χ2n) is 36.4. The Morgan fingerprint density at radius 2 is 0.729 bits per heavy atom. The van der Waals surface area contributed by atoms with Gasteiger partial charge in [0, 0.05) is 58.0 Å². The predicted octanol–water partition coefficient (Wildman–Crippen LogP) is -2.74. The van der Waals surface area contributed by atoms with Crippen molar-refractivity contribution in [3.63, 3.8) is 0 Å². The largest absolute Gasteiger partial charge is 0.508 e. The van der Waals surface area contributed by atoms with Gasteiger partial charge in [0.2, 0.25) is 106 Å². The van der Waals surface area contributed by atoms with E-state index in [1.54, 1.807) is 85.7 Å². The van der Waals surface area contributed by atoms with Gasteiger partial charge >= 0.3 is 23.9 Å². The Balaban J connectivity index is 2.66. The van der Waals surface area contributed by atoms with Crippen LogP contribution >= 0.6 is 0 Å². The monoisotopic (exact) mass is 2030 g/mol. The van der Waals surface area contributed by atoms with E-state index >= 15 is 14.4 Å². The molecule has 800 valence electrons. The molecule has 30 N–H and O–H groups in total. The molecule has 0 unspecified atom stereocenters. The molecular weight excluding hydrogens is 1880 g/mol. The van der Waals surface area contributed by atoms with Crippen molar-refractivity contribution in [3.8, 4) is 5.75 Å². The first-order chi connectivity index (χ1) is 67.6. The number of aromatic hydroxyl groups is 1. The fourth-order valence-corrected chi connectivity index (χ4v) is 14.6. The van der Waals surface area contributed by atoms with E-state index in [1.807, 2.05) is 0 Å². The van der Waals surface area contributed by atoms with Gasteiger partial charge in [0.25, 0.3) is 0 Å². The number of phenols is 1. The van der Waals surface area contributed by atoms with Crippen LogP contribution in [-0.2, 0) is 118 Å². The molecule has 2 aromatic carbocycles. The van der Waals surface area contributed by atoms with Gasteiger partial charge in [-0.3, -0.25) is 111 Å². The second-order valence-corrected chi connectivity index (χ2v) is 36.4. The Kier molecular flexibility index (Phi) is 56.9. The number of carboxylic acids is 4. The summed E-state index contributed by atoms with van der Waals surface area (Å²) < 4.78 is 0. The summed E-state index contributed by atoms with van der Waals surface area (Å²) in [5.74, 6) is -26.7. The van der Waals surface area contributed by atoms with Crippen LogP contribution in [0, 0.1) is 29.1 Å². The maximum atomic E-state index is 15.2. The number of nitrogens with one attached hydrogen (secondary N) is 17. The van der Waals surface area contributed by atoms with Crippen molar-refractivity contribution in [2.45, 2.75) is 314 Å². The molecule has 0 aromatic heterocycles. The number of carbonyl (C=O) groups is 22.